The maximum atomic E-state index is 15.1. The van der Waals surface area contributed by atoms with Crippen LogP contribution in [0.15, 0.2) is 88.9 Å². The molecule has 0 saturated carbocycles. The van der Waals surface area contributed by atoms with Gasteiger partial charge in [-0.05, 0) is 97.0 Å². The number of hydrogen-bond donors (Lipinski definition) is 16. The molecule has 11 bridgehead atoms. The maximum Gasteiger partial charge on any atom is 0.330 e. The minimum absolute atomic E-state index is 0.0198. The van der Waals surface area contributed by atoms with Crippen LogP contribution in [0.2, 0.25) is 5.02 Å². The van der Waals surface area contributed by atoms with Crippen LogP contribution in [-0.2, 0) is 33.6 Å². The molecule has 80 heavy (non-hydrogen) atoms. The summed E-state index contributed by atoms with van der Waals surface area (Å²) >= 11 is 13.6. The van der Waals surface area contributed by atoms with Crippen LogP contribution < -0.4 is 52.4 Å². The molecule has 0 fully saturated rings. The molecule has 2 aliphatic carbocycles. The molecule has 3 aromatic carbocycles. The van der Waals surface area contributed by atoms with Crippen molar-refractivity contribution in [2.24, 2.45) is 17.6 Å². The van der Waals surface area contributed by atoms with E-state index in [1.807, 2.05) is 13.8 Å². The first-order valence-electron chi connectivity index (χ1n) is 25.0. The van der Waals surface area contributed by atoms with Gasteiger partial charge in [0.25, 0.3) is 0 Å². The molecule has 3 unspecified atom stereocenters. The number of ether oxygens (including phenoxy) is 2. The monoisotopic (exact) mass is 1150 g/mol. The zero-order valence-electron chi connectivity index (χ0n) is 42.7. The fraction of sp³-hybridized carbons (Fsp3) is 0.358. The van der Waals surface area contributed by atoms with Crippen molar-refractivity contribution in [1.82, 2.24) is 37.2 Å². The molecule has 424 valence electrons. The van der Waals surface area contributed by atoms with Crippen molar-refractivity contribution < 1.29 is 78.8 Å². The number of benzene rings is 3. The van der Waals surface area contributed by atoms with Crippen molar-refractivity contribution in [1.29, 1.82) is 5.41 Å². The number of nitrogens with two attached hydrogens (primary N) is 1. The number of amidine groups is 1. The van der Waals surface area contributed by atoms with Gasteiger partial charge >= 0.3 is 5.97 Å². The van der Waals surface area contributed by atoms with Crippen molar-refractivity contribution >= 4 is 70.4 Å². The van der Waals surface area contributed by atoms with Crippen molar-refractivity contribution in [2.45, 2.75) is 99.9 Å². The minimum atomic E-state index is -2.09. The average molecular weight is 1150 g/mol. The summed E-state index contributed by atoms with van der Waals surface area (Å²) in [7, 11) is 1.51. The molecule has 5 heterocycles. The number of hydrogen-bond acceptors (Lipinski definition) is 17. The molecule has 11 atom stereocenters. The van der Waals surface area contributed by atoms with E-state index in [2.05, 4.69) is 37.2 Å². The highest BCUT2D eigenvalue weighted by molar-refractivity contribution is 6.32. The van der Waals surface area contributed by atoms with Crippen LogP contribution in [0.4, 0.5) is 0 Å². The number of phenolic OH excluding ortho intramolecular Hbond substituents is 3. The Morgan fingerprint density at radius 3 is 2.20 bits per heavy atom. The van der Waals surface area contributed by atoms with Gasteiger partial charge in [-0.1, -0.05) is 55.3 Å². The second-order valence-corrected chi connectivity index (χ2v) is 20.9. The SMILES string of the molecule is CN[C@H](CC(C)C)C(=O)N[C@H]1C(=O)NC(CC(N)=O)C(=O)N[C@H]2C(=N)N[C@H]3C(=O)N[C@H](C(=O)N[C@H](C(=O)O)c4cc(O)cc(O)c4C4CC3=CC=C4O)[C@H](O)C3C=C(Cl)C(=CC3)Oc3cc2cc(c3O)Oc2ccc(cc2Cl)[C@H]1O. The average Bonchev–Trinajstić information content (AvgIpc) is 3.39. The van der Waals surface area contributed by atoms with E-state index in [1.165, 1.54) is 43.5 Å². The fourth-order valence-electron chi connectivity index (χ4n) is 10.1. The number of likely N-dealkylation sites (N-methyl/N-ethyl adjacent to an activating group) is 1. The molecular formula is C53H57Cl2N9O16. The number of nitrogens with one attached hydrogen (secondary N) is 8. The van der Waals surface area contributed by atoms with Crippen molar-refractivity contribution in [2.75, 3.05) is 7.05 Å². The number of aromatic hydroxyl groups is 3. The van der Waals surface area contributed by atoms with E-state index in [0.717, 1.165) is 30.3 Å². The summed E-state index contributed by atoms with van der Waals surface area (Å²) in [6.07, 6.45) is -0.128. The Bertz CT molecular complexity index is 3220. The number of phenols is 3. The number of amides is 6. The van der Waals surface area contributed by atoms with Crippen molar-refractivity contribution in [3.8, 4) is 34.5 Å². The topological polar surface area (TPSA) is 414 Å². The standard InChI is InChI=1S/C53H57Cl2N9O16/c1-19(2)10-29(58-3)48(72)63-42-44(69)21-5-8-33(27(54)12-21)79-35-14-23-15-36(46(35)71)80-34-9-6-22(13-28(34)55)45(70)43-52(76)62-41(53(77)78)26-16-24(65)17-32(67)38(26)25-11-20(4-7-31(25)66)40(50(74)64-43)60-47(57)39(23)61-49(73)30(18-37(56)68)59-51(42)75/h4-5,7-9,12-17,19,22,25,29-30,39-45,58,65-67,69-71H,6,10-11,18H2,1-3H3,(H2,56,68)(H2,57,60)(H,59,75)(H,61,73)(H,62,76)(H,63,72)(H,64,74)(H,77,78)/t22?,25?,29-,30?,39-,40-,41+,42-,43+,44-,45-/m1/s1. The first kappa shape index (κ1) is 57.8. The summed E-state index contributed by atoms with van der Waals surface area (Å²) in [5.41, 5.74) is 4.67. The Hall–Kier alpha value is -8.36. The van der Waals surface area contributed by atoms with Gasteiger partial charge in [-0.15, -0.1) is 0 Å². The molecule has 17 N–H and O–H groups in total. The highest BCUT2D eigenvalue weighted by atomic mass is 35.5. The quantitative estimate of drug-likeness (QED) is 0.153. The minimum Gasteiger partial charge on any atom is -0.512 e. The summed E-state index contributed by atoms with van der Waals surface area (Å²) < 4.78 is 12.4. The summed E-state index contributed by atoms with van der Waals surface area (Å²) in [6.45, 7) is 3.71. The van der Waals surface area contributed by atoms with E-state index >= 15 is 4.79 Å². The molecule has 7 aliphatic rings. The van der Waals surface area contributed by atoms with Gasteiger partial charge < -0.3 is 88.2 Å². The lowest BCUT2D eigenvalue weighted by atomic mass is 9.79. The van der Waals surface area contributed by atoms with E-state index in [-0.39, 0.29) is 62.6 Å². The first-order chi connectivity index (χ1) is 37.8. The Labute approximate surface area is 465 Å². The zero-order valence-corrected chi connectivity index (χ0v) is 44.3. The largest absolute Gasteiger partial charge is 0.512 e. The van der Waals surface area contributed by atoms with E-state index in [9.17, 15) is 69.9 Å². The number of carbonyl (C=O) groups is 7. The third kappa shape index (κ3) is 12.1. The van der Waals surface area contributed by atoms with Gasteiger partial charge in [0.2, 0.25) is 41.2 Å². The van der Waals surface area contributed by atoms with Crippen molar-refractivity contribution in [3.63, 3.8) is 0 Å². The van der Waals surface area contributed by atoms with E-state index in [1.54, 1.807) is 0 Å². The van der Waals surface area contributed by atoms with Crippen LogP contribution in [-0.4, -0.2) is 126 Å². The smallest absolute Gasteiger partial charge is 0.330 e. The van der Waals surface area contributed by atoms with Gasteiger partial charge in [0.15, 0.2) is 17.5 Å². The number of fused-ring (bicyclic) bond motifs is 14. The number of aliphatic hydroxyl groups is 3. The molecule has 6 amide bonds. The molecule has 5 aliphatic heterocycles. The zero-order chi connectivity index (χ0) is 58.2. The normalized spacial score (nSPS) is 26.4. The highest BCUT2D eigenvalue weighted by Crippen LogP contribution is 2.47. The van der Waals surface area contributed by atoms with Crippen LogP contribution in [0.5, 0.6) is 34.5 Å². The van der Waals surface area contributed by atoms with E-state index < -0.39 is 166 Å². The predicted molar refractivity (Wildman–Crippen MR) is 283 cm³/mol. The van der Waals surface area contributed by atoms with Gasteiger partial charge in [0.1, 0.15) is 70.9 Å². The van der Waals surface area contributed by atoms with Crippen molar-refractivity contribution in [3.05, 3.63) is 116 Å². The number of primary amides is 1. The van der Waals surface area contributed by atoms with Gasteiger partial charge in [-0.2, -0.15) is 0 Å². The van der Waals surface area contributed by atoms with Crippen LogP contribution >= 0.6 is 23.2 Å². The number of halogens is 2. The second kappa shape index (κ2) is 23.5. The first-order valence-corrected chi connectivity index (χ1v) is 25.8. The number of rotatable bonds is 8. The summed E-state index contributed by atoms with van der Waals surface area (Å²) in [5, 5.41) is 107. The molecule has 10 rings (SSSR count). The van der Waals surface area contributed by atoms with Gasteiger partial charge in [-0.3, -0.25) is 34.2 Å². The molecule has 27 heteroatoms. The molecule has 0 saturated heterocycles. The predicted octanol–water partition coefficient (Wildman–Crippen LogP) is 1.94. The number of carboxylic acid groups (broad SMARTS) is 1. The lowest BCUT2D eigenvalue weighted by molar-refractivity contribution is -0.143. The van der Waals surface area contributed by atoms with Gasteiger partial charge in [0.05, 0.1) is 28.6 Å². The van der Waals surface area contributed by atoms with E-state index in [4.69, 9.17) is 38.4 Å². The molecule has 0 radical (unpaired) electrons. The molecule has 3 aromatic rings. The highest BCUT2D eigenvalue weighted by Gasteiger charge is 2.44. The van der Waals surface area contributed by atoms with Crippen LogP contribution in [0, 0.1) is 17.2 Å². The van der Waals surface area contributed by atoms with Gasteiger partial charge in [0, 0.05) is 23.5 Å². The number of allylic oxidation sites excluding steroid dienone is 5. The maximum absolute atomic E-state index is 15.1. The number of carboxylic acids is 1. The van der Waals surface area contributed by atoms with E-state index in [0.29, 0.717) is 0 Å². The number of aliphatic hydroxyl groups excluding tert-OH is 3. The van der Waals surface area contributed by atoms with Gasteiger partial charge in [-0.25, -0.2) is 4.79 Å². The number of aliphatic carboxylic acids is 1. The Morgan fingerprint density at radius 1 is 0.838 bits per heavy atom. The van der Waals surface area contributed by atoms with Crippen LogP contribution in [0.3, 0.4) is 0 Å². The third-order valence-electron chi connectivity index (χ3n) is 14.1. The lowest BCUT2D eigenvalue weighted by Crippen LogP contribution is -2.61. The fourth-order valence-corrected chi connectivity index (χ4v) is 10.6. The Kier molecular flexibility index (Phi) is 17.0. The Morgan fingerprint density at radius 2 is 1.55 bits per heavy atom. The summed E-state index contributed by atoms with van der Waals surface area (Å²) in [5.74, 6) is -15.7. The van der Waals surface area contributed by atoms with Crippen LogP contribution in [0.1, 0.15) is 85.9 Å². The molecule has 0 spiro atoms. The third-order valence-corrected chi connectivity index (χ3v) is 14.7. The lowest BCUT2D eigenvalue weighted by Gasteiger charge is -2.36. The summed E-state index contributed by atoms with van der Waals surface area (Å²) in [4.78, 5) is 98.5. The molecule has 25 nitrogen and oxygen atoms in total. The second-order valence-electron chi connectivity index (χ2n) is 20.1. The van der Waals surface area contributed by atoms with Crippen LogP contribution in [0.25, 0.3) is 0 Å². The summed E-state index contributed by atoms with van der Waals surface area (Å²) in [6, 6.07) is -4.77. The molecular weight excluding hydrogens is 1090 g/mol. The Balaban J connectivity index is 1.33. The molecule has 0 aromatic heterocycles. The number of carbonyl (C=O) groups excluding carboxylic acids is 6.